The fourth-order valence-electron chi connectivity index (χ4n) is 3.62. The predicted octanol–water partition coefficient (Wildman–Crippen LogP) is 5.71. The Morgan fingerprint density at radius 3 is 2.03 bits per heavy atom. The van der Waals surface area contributed by atoms with E-state index in [0.717, 1.165) is 11.1 Å². The average molecular weight is 469 g/mol. The van der Waals surface area contributed by atoms with Crippen LogP contribution in [0.5, 0.6) is 0 Å². The van der Waals surface area contributed by atoms with Crippen molar-refractivity contribution in [3.63, 3.8) is 0 Å². The van der Waals surface area contributed by atoms with Gasteiger partial charge < -0.3 is 14.6 Å². The standard InChI is InChI=1S/C26H22Cl2O4/c27-21-13-7-12-19(23(21)28)24(29)20-14-22(31-15-17-8-3-1-4-9-17)26(25(20)30)32-16-18-10-5-2-6-11-18/h1-14,22,24,26,29H,15-16H2/t22-,24?,26+/m0/s1. The van der Waals surface area contributed by atoms with Gasteiger partial charge in [-0.1, -0.05) is 96.0 Å². The Labute approximate surface area is 197 Å². The molecule has 3 atom stereocenters. The van der Waals surface area contributed by atoms with E-state index < -0.39 is 18.3 Å². The summed E-state index contributed by atoms with van der Waals surface area (Å²) in [5.74, 6) is -0.331. The smallest absolute Gasteiger partial charge is 0.193 e. The fraction of sp³-hybridized carbons (Fsp3) is 0.192. The van der Waals surface area contributed by atoms with Crippen LogP contribution >= 0.6 is 23.2 Å². The summed E-state index contributed by atoms with van der Waals surface area (Å²) < 4.78 is 12.0. The third-order valence-corrected chi connectivity index (χ3v) is 6.15. The number of hydrogen-bond donors (Lipinski definition) is 1. The van der Waals surface area contributed by atoms with Crippen molar-refractivity contribution in [2.24, 2.45) is 0 Å². The van der Waals surface area contributed by atoms with Gasteiger partial charge in [0.15, 0.2) is 11.9 Å². The number of halogens is 2. The minimum atomic E-state index is -1.23. The molecular formula is C26H22Cl2O4. The van der Waals surface area contributed by atoms with Crippen molar-refractivity contribution < 1.29 is 19.4 Å². The van der Waals surface area contributed by atoms with Crippen molar-refractivity contribution in [3.05, 3.63) is 117 Å². The van der Waals surface area contributed by atoms with Crippen LogP contribution in [0.15, 0.2) is 90.5 Å². The van der Waals surface area contributed by atoms with Gasteiger partial charge >= 0.3 is 0 Å². The molecule has 0 heterocycles. The van der Waals surface area contributed by atoms with Crippen molar-refractivity contribution >= 4 is 29.0 Å². The van der Waals surface area contributed by atoms with Crippen LogP contribution in [-0.4, -0.2) is 23.1 Å². The van der Waals surface area contributed by atoms with E-state index in [0.29, 0.717) is 17.2 Å². The normalized spacial score (nSPS) is 19.1. The van der Waals surface area contributed by atoms with Crippen LogP contribution in [-0.2, 0) is 27.5 Å². The fourth-order valence-corrected chi connectivity index (χ4v) is 4.03. The van der Waals surface area contributed by atoms with Crippen molar-refractivity contribution in [2.75, 3.05) is 0 Å². The van der Waals surface area contributed by atoms with Crippen LogP contribution in [0.1, 0.15) is 22.8 Å². The van der Waals surface area contributed by atoms with E-state index >= 15 is 0 Å². The number of ketones is 1. The molecule has 4 nitrogen and oxygen atoms in total. The van der Waals surface area contributed by atoms with Crippen molar-refractivity contribution in [1.82, 2.24) is 0 Å². The summed E-state index contributed by atoms with van der Waals surface area (Å²) in [5, 5.41) is 11.5. The summed E-state index contributed by atoms with van der Waals surface area (Å²) in [6.07, 6.45) is -1.12. The first kappa shape index (κ1) is 22.7. The molecule has 164 valence electrons. The number of rotatable bonds is 8. The molecule has 0 spiro atoms. The van der Waals surface area contributed by atoms with E-state index in [1.165, 1.54) is 0 Å². The largest absolute Gasteiger partial charge is 0.383 e. The molecule has 1 N–H and O–H groups in total. The Morgan fingerprint density at radius 1 is 0.812 bits per heavy atom. The molecule has 1 aliphatic carbocycles. The highest BCUT2D eigenvalue weighted by Gasteiger charge is 2.41. The van der Waals surface area contributed by atoms with Crippen LogP contribution in [0.2, 0.25) is 10.0 Å². The number of ether oxygens (including phenoxy) is 2. The minimum absolute atomic E-state index is 0.185. The van der Waals surface area contributed by atoms with Crippen LogP contribution in [0.25, 0.3) is 0 Å². The number of aliphatic hydroxyl groups is 1. The van der Waals surface area contributed by atoms with Crippen molar-refractivity contribution in [3.8, 4) is 0 Å². The van der Waals surface area contributed by atoms with E-state index in [1.807, 2.05) is 60.7 Å². The second kappa shape index (κ2) is 10.4. The van der Waals surface area contributed by atoms with Gasteiger partial charge in [-0.3, -0.25) is 4.79 Å². The first-order chi connectivity index (χ1) is 15.5. The first-order valence-corrected chi connectivity index (χ1v) is 11.0. The average Bonchev–Trinajstić information content (AvgIpc) is 3.14. The molecule has 0 aliphatic heterocycles. The molecule has 0 saturated carbocycles. The molecule has 0 fully saturated rings. The molecule has 1 aliphatic rings. The van der Waals surface area contributed by atoms with E-state index in [-0.39, 0.29) is 23.0 Å². The minimum Gasteiger partial charge on any atom is -0.383 e. The molecule has 0 bridgehead atoms. The van der Waals surface area contributed by atoms with Gasteiger partial charge in [0.1, 0.15) is 12.2 Å². The lowest BCUT2D eigenvalue weighted by Gasteiger charge is -2.20. The topological polar surface area (TPSA) is 55.8 Å². The lowest BCUT2D eigenvalue weighted by molar-refractivity contribution is -0.135. The Morgan fingerprint density at radius 2 is 1.41 bits per heavy atom. The number of carbonyl (C=O) groups excluding carboxylic acids is 1. The zero-order valence-electron chi connectivity index (χ0n) is 17.2. The van der Waals surface area contributed by atoms with E-state index in [9.17, 15) is 9.90 Å². The second-order valence-electron chi connectivity index (χ2n) is 7.51. The number of benzene rings is 3. The van der Waals surface area contributed by atoms with Gasteiger partial charge in [0.05, 0.1) is 23.3 Å². The third-order valence-electron chi connectivity index (χ3n) is 5.31. The van der Waals surface area contributed by atoms with Gasteiger partial charge in [-0.2, -0.15) is 0 Å². The molecule has 4 rings (SSSR count). The molecule has 0 aromatic heterocycles. The van der Waals surface area contributed by atoms with Gasteiger partial charge in [-0.25, -0.2) is 0 Å². The van der Waals surface area contributed by atoms with Crippen LogP contribution < -0.4 is 0 Å². The zero-order valence-corrected chi connectivity index (χ0v) is 18.7. The molecule has 0 saturated heterocycles. The highest BCUT2D eigenvalue weighted by Crippen LogP contribution is 2.37. The van der Waals surface area contributed by atoms with Gasteiger partial charge in [-0.15, -0.1) is 0 Å². The Kier molecular flexibility index (Phi) is 7.40. The number of hydrogen-bond acceptors (Lipinski definition) is 4. The second-order valence-corrected chi connectivity index (χ2v) is 8.30. The molecular weight excluding hydrogens is 447 g/mol. The van der Waals surface area contributed by atoms with E-state index in [1.54, 1.807) is 24.3 Å². The number of Topliss-reactive ketones (excluding diaryl/α,β-unsaturated/α-hetero) is 1. The van der Waals surface area contributed by atoms with Crippen LogP contribution in [0.4, 0.5) is 0 Å². The Balaban J connectivity index is 1.56. The Hall–Kier alpha value is -2.47. The van der Waals surface area contributed by atoms with Crippen molar-refractivity contribution in [2.45, 2.75) is 31.5 Å². The lowest BCUT2D eigenvalue weighted by atomic mass is 10.00. The molecule has 3 aromatic carbocycles. The molecule has 0 radical (unpaired) electrons. The quantitative estimate of drug-likeness (QED) is 0.460. The maximum atomic E-state index is 13.3. The summed E-state index contributed by atoms with van der Waals surface area (Å²) in [4.78, 5) is 13.3. The maximum absolute atomic E-state index is 13.3. The maximum Gasteiger partial charge on any atom is 0.193 e. The summed E-state index contributed by atoms with van der Waals surface area (Å²) >= 11 is 12.4. The molecule has 0 amide bonds. The van der Waals surface area contributed by atoms with Gasteiger partial charge in [0.2, 0.25) is 0 Å². The first-order valence-electron chi connectivity index (χ1n) is 10.2. The Bertz CT molecular complexity index is 1100. The molecule has 3 aromatic rings. The van der Waals surface area contributed by atoms with Gasteiger partial charge in [0.25, 0.3) is 0 Å². The van der Waals surface area contributed by atoms with E-state index in [2.05, 4.69) is 0 Å². The van der Waals surface area contributed by atoms with Crippen LogP contribution in [0.3, 0.4) is 0 Å². The number of aliphatic hydroxyl groups excluding tert-OH is 1. The molecule has 32 heavy (non-hydrogen) atoms. The SMILES string of the molecule is O=C1C(C(O)c2cccc(Cl)c2Cl)=C[C@H](OCc2ccccc2)[C@H]1OCc1ccccc1. The third kappa shape index (κ3) is 5.12. The summed E-state index contributed by atoms with van der Waals surface area (Å²) in [5.41, 5.74) is 2.46. The van der Waals surface area contributed by atoms with Crippen molar-refractivity contribution in [1.29, 1.82) is 0 Å². The number of carbonyl (C=O) groups is 1. The van der Waals surface area contributed by atoms with Crippen LogP contribution in [0, 0.1) is 0 Å². The van der Waals surface area contributed by atoms with Gasteiger partial charge in [0, 0.05) is 11.1 Å². The predicted molar refractivity (Wildman–Crippen MR) is 125 cm³/mol. The highest BCUT2D eigenvalue weighted by atomic mass is 35.5. The molecule has 1 unspecified atom stereocenters. The van der Waals surface area contributed by atoms with E-state index in [4.69, 9.17) is 32.7 Å². The van der Waals surface area contributed by atoms with Gasteiger partial charge in [-0.05, 0) is 23.3 Å². The monoisotopic (exact) mass is 468 g/mol. The zero-order chi connectivity index (χ0) is 22.5. The summed E-state index contributed by atoms with van der Waals surface area (Å²) in [6.45, 7) is 0.555. The molecule has 6 heteroatoms. The highest BCUT2D eigenvalue weighted by molar-refractivity contribution is 6.42. The lowest BCUT2D eigenvalue weighted by Crippen LogP contribution is -2.33. The summed E-state index contributed by atoms with van der Waals surface area (Å²) in [6, 6.07) is 24.2. The summed E-state index contributed by atoms with van der Waals surface area (Å²) in [7, 11) is 0.